The number of halogens is 1. The monoisotopic (exact) mass is 174 g/mol. The lowest BCUT2D eigenvalue weighted by molar-refractivity contribution is 0.297. The quantitative estimate of drug-likeness (QED) is 0.508. The summed E-state index contributed by atoms with van der Waals surface area (Å²) in [4.78, 5) is 7.69. The summed E-state index contributed by atoms with van der Waals surface area (Å²) in [7, 11) is 0. The molecule has 4 nitrogen and oxygen atoms in total. The van der Waals surface area contributed by atoms with Gasteiger partial charge in [0.1, 0.15) is 12.7 Å². The smallest absolute Gasteiger partial charge is 0.213 e. The van der Waals surface area contributed by atoms with Gasteiger partial charge < -0.3 is 0 Å². The molecular formula is C6H11ClN4. The topological polar surface area (TPSA) is 40.0 Å². The van der Waals surface area contributed by atoms with Crippen molar-refractivity contribution in [3.8, 4) is 0 Å². The van der Waals surface area contributed by atoms with E-state index in [-0.39, 0.29) is 5.62 Å². The maximum Gasteiger partial charge on any atom is 0.213 e. The summed E-state index contributed by atoms with van der Waals surface area (Å²) in [6.07, 6.45) is 4.12. The Hall–Kier alpha value is -0.610. The first kappa shape index (κ1) is 8.49. The summed E-state index contributed by atoms with van der Waals surface area (Å²) < 4.78 is 0. The molecule has 1 N–H and O–H groups in total. The fourth-order valence-electron chi connectivity index (χ4n) is 0.679. The number of nitrogens with zero attached hydrogens (tertiary/aromatic N) is 3. The van der Waals surface area contributed by atoms with Gasteiger partial charge in [-0.05, 0) is 6.42 Å². The van der Waals surface area contributed by atoms with Crippen molar-refractivity contribution in [3.05, 3.63) is 0 Å². The molecule has 0 aromatic heterocycles. The second kappa shape index (κ2) is 4.31. The fraction of sp³-hybridized carbons (Fsp3) is 0.667. The number of hydrazine groups is 1. The van der Waals surface area contributed by atoms with Gasteiger partial charge in [0.25, 0.3) is 0 Å². The minimum Gasteiger partial charge on any atom is -0.260 e. The third kappa shape index (κ3) is 2.48. The average molecular weight is 175 g/mol. The van der Waals surface area contributed by atoms with Crippen molar-refractivity contribution in [2.45, 2.75) is 19.0 Å². The van der Waals surface area contributed by atoms with Gasteiger partial charge in [-0.3, -0.25) is 5.01 Å². The van der Waals surface area contributed by atoms with Crippen molar-refractivity contribution in [2.75, 3.05) is 6.54 Å². The molecule has 1 rings (SSSR count). The number of hydrogen-bond donors (Lipinski definition) is 1. The van der Waals surface area contributed by atoms with Gasteiger partial charge >= 0.3 is 0 Å². The van der Waals surface area contributed by atoms with Crippen LogP contribution in [0.1, 0.15) is 13.3 Å². The Balaban J connectivity index is 2.33. The van der Waals surface area contributed by atoms with Crippen LogP contribution >= 0.6 is 11.6 Å². The van der Waals surface area contributed by atoms with Crippen LogP contribution < -0.4 is 5.43 Å². The van der Waals surface area contributed by atoms with E-state index in [9.17, 15) is 0 Å². The van der Waals surface area contributed by atoms with E-state index in [1.54, 1.807) is 11.3 Å². The van der Waals surface area contributed by atoms with Gasteiger partial charge in [-0.25, -0.2) is 15.4 Å². The third-order valence-electron chi connectivity index (χ3n) is 1.22. The summed E-state index contributed by atoms with van der Waals surface area (Å²) in [5.41, 5.74) is 2.70. The van der Waals surface area contributed by atoms with Crippen molar-refractivity contribution in [1.82, 2.24) is 10.4 Å². The van der Waals surface area contributed by atoms with E-state index in [0.717, 1.165) is 13.0 Å². The number of nitrogens with one attached hydrogen (secondary N) is 1. The summed E-state index contributed by atoms with van der Waals surface area (Å²) >= 11 is 5.79. The predicted octanol–water partition coefficient (Wildman–Crippen LogP) is 0.796. The minimum atomic E-state index is -0.362. The fourth-order valence-corrected chi connectivity index (χ4v) is 0.849. The molecule has 0 aromatic carbocycles. The molecule has 5 heteroatoms. The van der Waals surface area contributed by atoms with Gasteiger partial charge in [0.2, 0.25) is 5.62 Å². The van der Waals surface area contributed by atoms with Gasteiger partial charge in [-0.15, -0.1) is 0 Å². The summed E-state index contributed by atoms with van der Waals surface area (Å²) in [6, 6.07) is 0. The zero-order chi connectivity index (χ0) is 8.10. The standard InChI is InChI=1S/C6H11ClN4/c1-2-3-10-11-5-8-4-9-6(11)7/h4-6,10H,2-3H2,1H3. The molecule has 0 aliphatic carbocycles. The van der Waals surface area contributed by atoms with E-state index in [2.05, 4.69) is 22.3 Å². The molecule has 1 unspecified atom stereocenters. The molecule has 62 valence electrons. The van der Waals surface area contributed by atoms with Crippen molar-refractivity contribution >= 4 is 24.3 Å². The van der Waals surface area contributed by atoms with Crippen molar-refractivity contribution in [3.63, 3.8) is 0 Å². The molecule has 0 radical (unpaired) electrons. The first-order valence-corrected chi connectivity index (χ1v) is 3.99. The highest BCUT2D eigenvalue weighted by Gasteiger charge is 2.10. The Labute approximate surface area is 70.9 Å². The van der Waals surface area contributed by atoms with Gasteiger partial charge in [0.05, 0.1) is 0 Å². The van der Waals surface area contributed by atoms with Gasteiger partial charge in [0, 0.05) is 6.54 Å². The van der Waals surface area contributed by atoms with Crippen molar-refractivity contribution in [2.24, 2.45) is 9.98 Å². The summed E-state index contributed by atoms with van der Waals surface area (Å²) in [5.74, 6) is 0. The molecule has 0 aromatic rings. The highest BCUT2D eigenvalue weighted by atomic mass is 35.5. The third-order valence-corrected chi connectivity index (χ3v) is 1.54. The maximum absolute atomic E-state index is 5.79. The van der Waals surface area contributed by atoms with Gasteiger partial charge in [-0.1, -0.05) is 18.5 Å². The van der Waals surface area contributed by atoms with E-state index in [4.69, 9.17) is 11.6 Å². The Morgan fingerprint density at radius 2 is 2.55 bits per heavy atom. The Morgan fingerprint density at radius 3 is 3.18 bits per heavy atom. The second-order valence-electron chi connectivity index (χ2n) is 2.16. The number of alkyl halides is 1. The number of rotatable bonds is 3. The Morgan fingerprint density at radius 1 is 1.73 bits per heavy atom. The first-order valence-electron chi connectivity index (χ1n) is 3.55. The first-order chi connectivity index (χ1) is 5.34. The molecule has 0 fully saturated rings. The van der Waals surface area contributed by atoms with Crippen LogP contribution in [0.4, 0.5) is 0 Å². The van der Waals surface area contributed by atoms with E-state index in [0.29, 0.717) is 0 Å². The van der Waals surface area contributed by atoms with Crippen LogP contribution in [0.3, 0.4) is 0 Å². The van der Waals surface area contributed by atoms with Crippen molar-refractivity contribution in [1.29, 1.82) is 0 Å². The lowest BCUT2D eigenvalue weighted by Crippen LogP contribution is -2.43. The van der Waals surface area contributed by atoms with Crippen LogP contribution in [0, 0.1) is 0 Å². The van der Waals surface area contributed by atoms with E-state index in [1.165, 1.54) is 6.34 Å². The lowest BCUT2D eigenvalue weighted by Gasteiger charge is -2.23. The zero-order valence-electron chi connectivity index (χ0n) is 6.37. The van der Waals surface area contributed by atoms with Crippen LogP contribution in [0.2, 0.25) is 0 Å². The molecule has 1 aliphatic heterocycles. The largest absolute Gasteiger partial charge is 0.260 e. The highest BCUT2D eigenvalue weighted by molar-refractivity contribution is 6.21. The van der Waals surface area contributed by atoms with Crippen molar-refractivity contribution < 1.29 is 0 Å². The average Bonchev–Trinajstić information content (AvgIpc) is 2.03. The summed E-state index contributed by atoms with van der Waals surface area (Å²) in [5, 5.41) is 1.67. The van der Waals surface area contributed by atoms with Crippen LogP contribution in [0.5, 0.6) is 0 Å². The molecule has 1 atom stereocenters. The van der Waals surface area contributed by atoms with E-state index in [1.807, 2.05) is 0 Å². The SMILES string of the molecule is CCCNN1C=NC=NC1Cl. The predicted molar refractivity (Wildman–Crippen MR) is 46.8 cm³/mol. The van der Waals surface area contributed by atoms with E-state index >= 15 is 0 Å². The normalized spacial score (nSPS) is 22.7. The Kier molecular flexibility index (Phi) is 3.32. The van der Waals surface area contributed by atoms with Crippen LogP contribution in [-0.4, -0.2) is 29.9 Å². The molecule has 1 heterocycles. The molecule has 0 saturated carbocycles. The highest BCUT2D eigenvalue weighted by Crippen LogP contribution is 2.03. The van der Waals surface area contributed by atoms with Crippen LogP contribution in [0.15, 0.2) is 9.98 Å². The molecule has 0 spiro atoms. The molecule has 0 saturated heterocycles. The molecule has 0 amide bonds. The maximum atomic E-state index is 5.79. The zero-order valence-corrected chi connectivity index (χ0v) is 7.12. The number of hydrogen-bond acceptors (Lipinski definition) is 4. The molecule has 1 aliphatic rings. The van der Waals surface area contributed by atoms with Gasteiger partial charge in [0.15, 0.2) is 0 Å². The Bertz CT molecular complexity index is 168. The molecule has 11 heavy (non-hydrogen) atoms. The van der Waals surface area contributed by atoms with Crippen LogP contribution in [-0.2, 0) is 0 Å². The van der Waals surface area contributed by atoms with Crippen LogP contribution in [0.25, 0.3) is 0 Å². The lowest BCUT2D eigenvalue weighted by atomic mass is 10.5. The van der Waals surface area contributed by atoms with Gasteiger partial charge in [-0.2, -0.15) is 0 Å². The second-order valence-corrected chi connectivity index (χ2v) is 2.55. The van der Waals surface area contributed by atoms with E-state index < -0.39 is 0 Å². The summed E-state index contributed by atoms with van der Waals surface area (Å²) in [6.45, 7) is 2.96. The molecular weight excluding hydrogens is 164 g/mol. The minimum absolute atomic E-state index is 0.362. The molecule has 0 bridgehead atoms. The number of aliphatic imine (C=N–C) groups is 2.